The lowest BCUT2D eigenvalue weighted by atomic mass is 10.5. The van der Waals surface area contributed by atoms with Gasteiger partial charge in [-0.25, -0.2) is 4.79 Å². The molecule has 2 amide bonds. The highest BCUT2D eigenvalue weighted by molar-refractivity contribution is 5.69. The summed E-state index contributed by atoms with van der Waals surface area (Å²) in [7, 11) is 0. The highest BCUT2D eigenvalue weighted by Crippen LogP contribution is 1.86. The number of nitrogens with one attached hydrogen (secondary N) is 1. The summed E-state index contributed by atoms with van der Waals surface area (Å²) in [6.45, 7) is 0. The molecular weight excluding hydrogens is 208 g/mol. The highest BCUT2D eigenvalue weighted by Gasteiger charge is 1.75. The number of carbonyl (C=O) groups excluding carboxylic acids is 1. The van der Waals surface area contributed by atoms with Crippen LogP contribution in [0.4, 0.5) is 10.6 Å². The lowest BCUT2D eigenvalue weighted by molar-refractivity contribution is 0.256. The van der Waals surface area contributed by atoms with Crippen molar-refractivity contribution in [1.82, 2.24) is 15.2 Å². The van der Waals surface area contributed by atoms with E-state index in [2.05, 4.69) is 26.6 Å². The quantitative estimate of drug-likeness (QED) is 0.502. The molecule has 0 atom stereocenters. The van der Waals surface area contributed by atoms with Crippen molar-refractivity contribution in [3.8, 4) is 0 Å². The van der Waals surface area contributed by atoms with Crippen LogP contribution < -0.4 is 17.2 Å². The normalized spacial score (nSPS) is 7.75. The van der Waals surface area contributed by atoms with Crippen LogP contribution in [0.5, 0.6) is 0 Å². The molecule has 0 saturated heterocycles. The van der Waals surface area contributed by atoms with Crippen LogP contribution in [0.15, 0.2) is 42.9 Å². The van der Waals surface area contributed by atoms with Crippen molar-refractivity contribution >= 4 is 11.8 Å². The van der Waals surface area contributed by atoms with Gasteiger partial charge in [0.2, 0.25) is 0 Å². The molecular formula is C9H14N6O. The van der Waals surface area contributed by atoms with Crippen LogP contribution in [0.3, 0.4) is 0 Å². The van der Waals surface area contributed by atoms with E-state index < -0.39 is 6.03 Å². The van der Waals surface area contributed by atoms with E-state index in [0.717, 1.165) is 0 Å². The molecule has 0 aromatic carbocycles. The summed E-state index contributed by atoms with van der Waals surface area (Å²) < 4.78 is 0. The first kappa shape index (κ1) is 13.4. The van der Waals surface area contributed by atoms with Gasteiger partial charge in [0.05, 0.1) is 0 Å². The fraction of sp³-hybridized carbons (Fsp3) is 0. The molecule has 0 spiro atoms. The van der Waals surface area contributed by atoms with Crippen LogP contribution in [0, 0.1) is 0 Å². The summed E-state index contributed by atoms with van der Waals surface area (Å²) in [5.41, 5.74) is 13.6. The number of carbonyl (C=O) groups is 1. The van der Waals surface area contributed by atoms with E-state index in [0.29, 0.717) is 5.82 Å². The predicted molar refractivity (Wildman–Crippen MR) is 61.0 cm³/mol. The molecule has 2 heterocycles. The van der Waals surface area contributed by atoms with Crippen LogP contribution in [0.2, 0.25) is 0 Å². The van der Waals surface area contributed by atoms with Gasteiger partial charge in [0.15, 0.2) is 0 Å². The van der Waals surface area contributed by atoms with Crippen LogP contribution in [-0.2, 0) is 0 Å². The second kappa shape index (κ2) is 9.00. The molecule has 7 heteroatoms. The van der Waals surface area contributed by atoms with Crippen molar-refractivity contribution in [2.45, 2.75) is 0 Å². The average molecular weight is 222 g/mol. The minimum absolute atomic E-state index is 0.537. The number of nitrogens with two attached hydrogens (primary N) is 3. The SMILES string of the molecule is NC(N)=O.Nc1cc[nH]n1.c1ccncc1. The third-order valence-corrected chi connectivity index (χ3v) is 1.09. The predicted octanol–water partition coefficient (Wildman–Crippen LogP) is 0.0973. The monoisotopic (exact) mass is 222 g/mol. The number of urea groups is 1. The van der Waals surface area contributed by atoms with E-state index in [4.69, 9.17) is 10.5 Å². The topological polar surface area (TPSA) is 137 Å². The summed E-state index contributed by atoms with van der Waals surface area (Å²) in [6.07, 6.45) is 5.18. The Morgan fingerprint density at radius 3 is 1.88 bits per heavy atom. The number of aromatic amines is 1. The number of hydrogen-bond donors (Lipinski definition) is 4. The minimum Gasteiger partial charge on any atom is -0.382 e. The second-order valence-corrected chi connectivity index (χ2v) is 2.43. The summed E-state index contributed by atoms with van der Waals surface area (Å²) in [6, 6.07) is 6.58. The Bertz CT molecular complexity index is 330. The molecule has 0 fully saturated rings. The Kier molecular flexibility index (Phi) is 7.56. The average Bonchev–Trinajstić information content (AvgIpc) is 2.72. The summed E-state index contributed by atoms with van der Waals surface area (Å²) in [5, 5.41) is 6.12. The molecule has 0 unspecified atom stereocenters. The molecule has 2 rings (SSSR count). The second-order valence-electron chi connectivity index (χ2n) is 2.43. The standard InChI is InChI=1S/C5H5N.C3H5N3.CH4N2O/c1-2-4-6-5-3-1;4-3-1-2-5-6-3;2-1(3)4/h1-5H;1-2H,(H3,4,5,6);(H4,2,3,4). The van der Waals surface area contributed by atoms with E-state index in [9.17, 15) is 0 Å². The Morgan fingerprint density at radius 1 is 1.19 bits per heavy atom. The Morgan fingerprint density at radius 2 is 1.75 bits per heavy atom. The van der Waals surface area contributed by atoms with Gasteiger partial charge >= 0.3 is 6.03 Å². The van der Waals surface area contributed by atoms with Gasteiger partial charge < -0.3 is 17.2 Å². The highest BCUT2D eigenvalue weighted by atomic mass is 16.2. The first-order valence-corrected chi connectivity index (χ1v) is 4.28. The molecule has 0 aliphatic heterocycles. The van der Waals surface area contributed by atoms with Crippen molar-refractivity contribution in [2.75, 3.05) is 5.73 Å². The van der Waals surface area contributed by atoms with Gasteiger partial charge in [0.1, 0.15) is 5.82 Å². The summed E-state index contributed by atoms with van der Waals surface area (Å²) in [5.74, 6) is 0.537. The van der Waals surface area contributed by atoms with Gasteiger partial charge in [-0.1, -0.05) is 6.07 Å². The molecule has 16 heavy (non-hydrogen) atoms. The molecule has 0 aliphatic rings. The van der Waals surface area contributed by atoms with Gasteiger partial charge in [0.25, 0.3) is 0 Å². The smallest absolute Gasteiger partial charge is 0.309 e. The number of anilines is 1. The first-order valence-electron chi connectivity index (χ1n) is 4.28. The molecule has 2 aromatic rings. The van der Waals surface area contributed by atoms with Gasteiger partial charge in [-0.2, -0.15) is 5.10 Å². The number of H-pyrrole nitrogens is 1. The van der Waals surface area contributed by atoms with Gasteiger partial charge in [0, 0.05) is 18.6 Å². The number of nitrogen functional groups attached to an aromatic ring is 1. The van der Waals surface area contributed by atoms with Gasteiger partial charge in [-0.15, -0.1) is 0 Å². The van der Waals surface area contributed by atoms with E-state index in [1.807, 2.05) is 18.2 Å². The number of hydrogen-bond acceptors (Lipinski definition) is 4. The molecule has 7 nitrogen and oxygen atoms in total. The zero-order valence-electron chi connectivity index (χ0n) is 8.58. The maximum absolute atomic E-state index is 9.00. The molecule has 86 valence electrons. The largest absolute Gasteiger partial charge is 0.382 e. The molecule has 0 aliphatic carbocycles. The van der Waals surface area contributed by atoms with Gasteiger partial charge in [-0.05, 0) is 18.2 Å². The number of rotatable bonds is 0. The Balaban J connectivity index is 0.000000217. The lowest BCUT2D eigenvalue weighted by Crippen LogP contribution is -2.18. The van der Waals surface area contributed by atoms with E-state index in [1.165, 1.54) is 0 Å². The number of amides is 2. The Labute approximate surface area is 92.7 Å². The fourth-order valence-corrected chi connectivity index (χ4v) is 0.584. The zero-order chi connectivity index (χ0) is 12.2. The summed E-state index contributed by atoms with van der Waals surface area (Å²) >= 11 is 0. The van der Waals surface area contributed by atoms with Crippen LogP contribution in [0.25, 0.3) is 0 Å². The third kappa shape index (κ3) is 11.4. The van der Waals surface area contributed by atoms with Crippen LogP contribution >= 0.6 is 0 Å². The van der Waals surface area contributed by atoms with Crippen molar-refractivity contribution < 1.29 is 4.79 Å². The molecule has 0 saturated carbocycles. The summed E-state index contributed by atoms with van der Waals surface area (Å²) in [4.78, 5) is 12.8. The third-order valence-electron chi connectivity index (χ3n) is 1.09. The van der Waals surface area contributed by atoms with E-state index >= 15 is 0 Å². The van der Waals surface area contributed by atoms with Crippen LogP contribution in [-0.4, -0.2) is 21.2 Å². The Hall–Kier alpha value is -2.57. The maximum Gasteiger partial charge on any atom is 0.309 e. The van der Waals surface area contributed by atoms with Gasteiger partial charge in [-0.3, -0.25) is 10.1 Å². The fourth-order valence-electron chi connectivity index (χ4n) is 0.584. The molecule has 0 bridgehead atoms. The first-order chi connectivity index (χ1) is 7.63. The molecule has 7 N–H and O–H groups in total. The van der Waals surface area contributed by atoms with E-state index in [-0.39, 0.29) is 0 Å². The zero-order valence-corrected chi connectivity index (χ0v) is 8.58. The van der Waals surface area contributed by atoms with Crippen molar-refractivity contribution in [3.05, 3.63) is 42.9 Å². The lowest BCUT2D eigenvalue weighted by Gasteiger charge is -1.70. The number of nitrogens with zero attached hydrogens (tertiary/aromatic N) is 2. The molecule has 0 radical (unpaired) electrons. The van der Waals surface area contributed by atoms with Crippen molar-refractivity contribution in [1.29, 1.82) is 0 Å². The van der Waals surface area contributed by atoms with Crippen LogP contribution in [0.1, 0.15) is 0 Å². The maximum atomic E-state index is 9.00. The number of aromatic nitrogens is 3. The number of primary amides is 2. The minimum atomic E-state index is -0.833. The van der Waals surface area contributed by atoms with Crippen molar-refractivity contribution in [2.24, 2.45) is 11.5 Å². The number of pyridine rings is 1. The van der Waals surface area contributed by atoms with E-state index in [1.54, 1.807) is 24.7 Å². The molecule has 2 aromatic heterocycles. The van der Waals surface area contributed by atoms with Crippen molar-refractivity contribution in [3.63, 3.8) is 0 Å².